The third-order valence-corrected chi connectivity index (χ3v) is 5.69. The van der Waals surface area contributed by atoms with E-state index >= 15 is 0 Å². The van der Waals surface area contributed by atoms with Crippen LogP contribution >= 0.6 is 23.2 Å². The number of rotatable bonds is 8. The molecule has 2 atom stereocenters. The molecular weight excluding hydrogens is 455 g/mol. The maximum atomic E-state index is 12.9. The van der Waals surface area contributed by atoms with E-state index in [1.807, 2.05) is 30.3 Å². The maximum absolute atomic E-state index is 12.9. The fraction of sp³-hybridized carbons (Fsp3) is 0.304. The number of nitrogens with zero attached hydrogens (tertiary/aromatic N) is 1. The topological polar surface area (TPSA) is 94.1 Å². The molecule has 1 aliphatic rings. The number of carbonyl (C=O) groups excluding carboxylic acids is 3. The van der Waals surface area contributed by atoms with E-state index in [-0.39, 0.29) is 22.0 Å². The van der Waals surface area contributed by atoms with Crippen LogP contribution in [-0.4, -0.2) is 41.6 Å². The Labute approximate surface area is 195 Å². The van der Waals surface area contributed by atoms with Crippen molar-refractivity contribution in [3.8, 4) is 0 Å². The maximum Gasteiger partial charge on any atom is 0.341 e. The molecule has 2 aromatic carbocycles. The minimum absolute atomic E-state index is 0.0156. The van der Waals surface area contributed by atoms with Crippen molar-refractivity contribution in [2.24, 2.45) is 5.16 Å². The van der Waals surface area contributed by atoms with Gasteiger partial charge in [0.15, 0.2) is 12.4 Å². The van der Waals surface area contributed by atoms with Crippen LogP contribution in [0.4, 0.5) is 0 Å². The summed E-state index contributed by atoms with van der Waals surface area (Å²) in [5, 5.41) is 6.96. The Bertz CT molecular complexity index is 1040. The van der Waals surface area contributed by atoms with Crippen LogP contribution in [0.5, 0.6) is 0 Å². The fourth-order valence-corrected chi connectivity index (χ4v) is 3.72. The second-order valence-corrected chi connectivity index (χ2v) is 8.29. The highest BCUT2D eigenvalue weighted by Gasteiger charge is 2.43. The Hall–Kier alpha value is -2.90. The summed E-state index contributed by atoms with van der Waals surface area (Å²) in [5.41, 5.74) is 0.240. The molecular formula is C23H22Cl2N2O5. The Balaban J connectivity index is 1.58. The van der Waals surface area contributed by atoms with Crippen molar-refractivity contribution < 1.29 is 24.0 Å². The minimum atomic E-state index is -1.25. The van der Waals surface area contributed by atoms with Gasteiger partial charge in [0.2, 0.25) is 5.60 Å². The van der Waals surface area contributed by atoms with E-state index in [0.717, 1.165) is 5.56 Å². The molecule has 1 unspecified atom stereocenters. The van der Waals surface area contributed by atoms with Crippen molar-refractivity contribution in [1.29, 1.82) is 0 Å². The molecule has 0 saturated heterocycles. The van der Waals surface area contributed by atoms with Crippen molar-refractivity contribution in [2.75, 3.05) is 6.61 Å². The van der Waals surface area contributed by atoms with Gasteiger partial charge in [0.1, 0.15) is 0 Å². The number of halogens is 2. The molecule has 1 N–H and O–H groups in total. The van der Waals surface area contributed by atoms with Crippen molar-refractivity contribution in [3.63, 3.8) is 0 Å². The number of amides is 1. The van der Waals surface area contributed by atoms with Gasteiger partial charge in [0, 0.05) is 6.42 Å². The minimum Gasteiger partial charge on any atom is -0.454 e. The van der Waals surface area contributed by atoms with Crippen molar-refractivity contribution in [3.05, 3.63) is 69.7 Å². The second-order valence-electron chi connectivity index (χ2n) is 7.48. The van der Waals surface area contributed by atoms with Crippen molar-refractivity contribution in [2.45, 2.75) is 38.3 Å². The van der Waals surface area contributed by atoms with Gasteiger partial charge in [-0.2, -0.15) is 0 Å². The average Bonchev–Trinajstić information content (AvgIpc) is 3.19. The number of hydrogen-bond acceptors (Lipinski definition) is 6. The second kappa shape index (κ2) is 10.1. The van der Waals surface area contributed by atoms with Crippen LogP contribution in [0.1, 0.15) is 42.6 Å². The molecule has 0 aromatic heterocycles. The lowest BCUT2D eigenvalue weighted by Gasteiger charge is -2.24. The van der Waals surface area contributed by atoms with Gasteiger partial charge in [-0.3, -0.25) is 9.59 Å². The van der Waals surface area contributed by atoms with E-state index in [9.17, 15) is 14.4 Å². The van der Waals surface area contributed by atoms with E-state index in [0.29, 0.717) is 12.1 Å². The van der Waals surface area contributed by atoms with Gasteiger partial charge < -0.3 is 14.9 Å². The number of hydrogen-bond donors (Lipinski definition) is 1. The van der Waals surface area contributed by atoms with E-state index in [4.69, 9.17) is 32.8 Å². The molecule has 0 spiro atoms. The van der Waals surface area contributed by atoms with Crippen LogP contribution in [0.2, 0.25) is 10.0 Å². The predicted octanol–water partition coefficient (Wildman–Crippen LogP) is 4.20. The Morgan fingerprint density at radius 2 is 1.78 bits per heavy atom. The van der Waals surface area contributed by atoms with Crippen LogP contribution in [0.25, 0.3) is 0 Å². The van der Waals surface area contributed by atoms with E-state index < -0.39 is 35.9 Å². The van der Waals surface area contributed by atoms with E-state index in [1.54, 1.807) is 19.9 Å². The molecule has 32 heavy (non-hydrogen) atoms. The molecule has 1 aliphatic heterocycles. The Morgan fingerprint density at radius 3 is 2.41 bits per heavy atom. The number of oxime groups is 1. The molecule has 2 aromatic rings. The van der Waals surface area contributed by atoms with E-state index in [2.05, 4.69) is 10.5 Å². The fourth-order valence-electron chi connectivity index (χ4n) is 3.17. The van der Waals surface area contributed by atoms with Gasteiger partial charge in [0.05, 0.1) is 27.4 Å². The van der Waals surface area contributed by atoms with Crippen LogP contribution in [0.3, 0.4) is 0 Å². The number of esters is 1. The first-order valence-corrected chi connectivity index (χ1v) is 10.8. The molecule has 9 heteroatoms. The molecule has 0 saturated carbocycles. The highest BCUT2D eigenvalue weighted by molar-refractivity contribution is 6.39. The molecule has 0 fully saturated rings. The highest BCUT2D eigenvalue weighted by Crippen LogP contribution is 2.27. The van der Waals surface area contributed by atoms with Gasteiger partial charge in [-0.15, -0.1) is 0 Å². The first kappa shape index (κ1) is 23.8. The van der Waals surface area contributed by atoms with Gasteiger partial charge in [0.25, 0.3) is 5.91 Å². The lowest BCUT2D eigenvalue weighted by molar-refractivity contribution is -0.144. The van der Waals surface area contributed by atoms with Crippen LogP contribution in [-0.2, 0) is 19.2 Å². The quantitative estimate of drug-likeness (QED) is 0.576. The summed E-state index contributed by atoms with van der Waals surface area (Å²) in [6.45, 7) is 2.81. The smallest absolute Gasteiger partial charge is 0.341 e. The van der Waals surface area contributed by atoms with Crippen LogP contribution in [0, 0.1) is 0 Å². The number of benzene rings is 2. The molecule has 1 amide bonds. The number of nitrogens with one attached hydrogen (secondary N) is 1. The zero-order chi connectivity index (χ0) is 23.3. The van der Waals surface area contributed by atoms with Gasteiger partial charge in [-0.1, -0.05) is 71.7 Å². The average molecular weight is 477 g/mol. The molecule has 0 bridgehead atoms. The standard InChI is InChI=1S/C23H22Cl2N2O5/c1-3-17(19(28)13-31-21(29)20-15(24)10-7-11-16(20)25)26-22(30)23(2)12-18(27-32-23)14-8-5-4-6-9-14/h4-11,17H,3,12-13H2,1-2H3,(H,26,30)/t17-,23?/m0/s1. The van der Waals surface area contributed by atoms with Crippen LogP contribution < -0.4 is 5.32 Å². The molecule has 0 radical (unpaired) electrons. The monoisotopic (exact) mass is 476 g/mol. The third-order valence-electron chi connectivity index (χ3n) is 5.06. The first-order valence-electron chi connectivity index (χ1n) is 10.0. The first-order chi connectivity index (χ1) is 15.2. The predicted molar refractivity (Wildman–Crippen MR) is 121 cm³/mol. The summed E-state index contributed by atoms with van der Waals surface area (Å²) in [7, 11) is 0. The molecule has 168 valence electrons. The molecule has 3 rings (SSSR count). The van der Waals surface area contributed by atoms with Gasteiger partial charge in [-0.05, 0) is 31.0 Å². The lowest BCUT2D eigenvalue weighted by Crippen LogP contribution is -2.51. The molecule has 1 heterocycles. The number of carbonyl (C=O) groups is 3. The number of Topliss-reactive ketones (excluding diaryl/α,β-unsaturated/α-hetero) is 1. The molecule has 0 aliphatic carbocycles. The Kier molecular flexibility index (Phi) is 7.53. The largest absolute Gasteiger partial charge is 0.454 e. The summed E-state index contributed by atoms with van der Waals surface area (Å²) < 4.78 is 5.08. The lowest BCUT2D eigenvalue weighted by atomic mass is 9.94. The van der Waals surface area contributed by atoms with Crippen molar-refractivity contribution >= 4 is 46.6 Å². The van der Waals surface area contributed by atoms with E-state index in [1.165, 1.54) is 12.1 Å². The summed E-state index contributed by atoms with van der Waals surface area (Å²) in [5.74, 6) is -1.77. The van der Waals surface area contributed by atoms with Crippen molar-refractivity contribution in [1.82, 2.24) is 5.32 Å². The molecule has 7 nitrogen and oxygen atoms in total. The van der Waals surface area contributed by atoms with Crippen LogP contribution in [0.15, 0.2) is 53.7 Å². The summed E-state index contributed by atoms with van der Waals surface area (Å²) in [6.07, 6.45) is 0.560. The zero-order valence-electron chi connectivity index (χ0n) is 17.6. The Morgan fingerprint density at radius 1 is 1.12 bits per heavy atom. The number of ether oxygens (including phenoxy) is 1. The zero-order valence-corrected chi connectivity index (χ0v) is 19.1. The van der Waals surface area contributed by atoms with Gasteiger partial charge in [-0.25, -0.2) is 4.79 Å². The number of ketones is 1. The SMILES string of the molecule is CC[C@H](NC(=O)C1(C)CC(c2ccccc2)=NO1)C(=O)COC(=O)c1c(Cl)cccc1Cl. The summed E-state index contributed by atoms with van der Waals surface area (Å²) in [6, 6.07) is 13.1. The summed E-state index contributed by atoms with van der Waals surface area (Å²) in [4.78, 5) is 43.2. The highest BCUT2D eigenvalue weighted by atomic mass is 35.5. The summed E-state index contributed by atoms with van der Waals surface area (Å²) >= 11 is 12.0. The normalized spacial score (nSPS) is 18.3. The third kappa shape index (κ3) is 5.29. The van der Waals surface area contributed by atoms with Gasteiger partial charge >= 0.3 is 5.97 Å².